The summed E-state index contributed by atoms with van der Waals surface area (Å²) in [5.74, 6) is 0.818. The van der Waals surface area contributed by atoms with Crippen molar-refractivity contribution in [2.75, 3.05) is 6.61 Å². The maximum absolute atomic E-state index is 12.2. The van der Waals surface area contributed by atoms with Gasteiger partial charge in [0.2, 0.25) is 0 Å². The second-order valence-corrected chi connectivity index (χ2v) is 4.50. The smallest absolute Gasteiger partial charge is 0.255 e. The molecule has 1 aromatic heterocycles. The Morgan fingerprint density at radius 1 is 1.00 bits per heavy atom. The van der Waals surface area contributed by atoms with Gasteiger partial charge in [0.25, 0.3) is 5.56 Å². The summed E-state index contributed by atoms with van der Waals surface area (Å²) in [6.45, 7) is 2.58. The molecular formula is C17H15NO2. The lowest BCUT2D eigenvalue weighted by molar-refractivity contribution is 0.340. The summed E-state index contributed by atoms with van der Waals surface area (Å²) >= 11 is 0. The molecule has 0 amide bonds. The van der Waals surface area contributed by atoms with Crippen LogP contribution in [0.1, 0.15) is 6.92 Å². The number of hydrogen-bond donors (Lipinski definition) is 0. The first kappa shape index (κ1) is 12.5. The SMILES string of the molecule is CCOc1ccc2c(ccc(=O)n2-c2ccccc2)c1. The molecule has 0 spiro atoms. The molecule has 3 heteroatoms. The first-order valence-corrected chi connectivity index (χ1v) is 6.63. The van der Waals surface area contributed by atoms with Gasteiger partial charge in [-0.3, -0.25) is 9.36 Å². The van der Waals surface area contributed by atoms with E-state index in [1.807, 2.05) is 61.5 Å². The van der Waals surface area contributed by atoms with Gasteiger partial charge in [-0.1, -0.05) is 18.2 Å². The van der Waals surface area contributed by atoms with Crippen LogP contribution in [-0.4, -0.2) is 11.2 Å². The molecule has 20 heavy (non-hydrogen) atoms. The standard InChI is InChI=1S/C17H15NO2/c1-2-20-15-9-10-16-13(12-15)8-11-17(19)18(16)14-6-4-3-5-7-14/h3-12H,2H2,1H3. The van der Waals surface area contributed by atoms with Crippen molar-refractivity contribution >= 4 is 10.9 Å². The van der Waals surface area contributed by atoms with E-state index in [1.54, 1.807) is 10.6 Å². The van der Waals surface area contributed by atoms with E-state index in [2.05, 4.69) is 0 Å². The average Bonchev–Trinajstić information content (AvgIpc) is 2.48. The summed E-state index contributed by atoms with van der Waals surface area (Å²) in [7, 11) is 0. The summed E-state index contributed by atoms with van der Waals surface area (Å²) in [4.78, 5) is 12.2. The number of benzene rings is 2. The normalized spacial score (nSPS) is 10.7. The van der Waals surface area contributed by atoms with Crippen molar-refractivity contribution in [1.82, 2.24) is 4.57 Å². The zero-order valence-corrected chi connectivity index (χ0v) is 11.2. The fourth-order valence-electron chi connectivity index (χ4n) is 2.32. The molecule has 0 saturated carbocycles. The Bertz CT molecular complexity index is 791. The topological polar surface area (TPSA) is 31.2 Å². The van der Waals surface area contributed by atoms with E-state index in [9.17, 15) is 4.79 Å². The van der Waals surface area contributed by atoms with Crippen molar-refractivity contribution in [3.63, 3.8) is 0 Å². The maximum Gasteiger partial charge on any atom is 0.255 e. The van der Waals surface area contributed by atoms with Crippen molar-refractivity contribution < 1.29 is 4.74 Å². The highest BCUT2D eigenvalue weighted by Crippen LogP contribution is 2.21. The number of para-hydroxylation sites is 1. The van der Waals surface area contributed by atoms with Crippen LogP contribution >= 0.6 is 0 Å². The second kappa shape index (κ2) is 5.21. The third-order valence-electron chi connectivity index (χ3n) is 3.19. The van der Waals surface area contributed by atoms with Gasteiger partial charge in [-0.25, -0.2) is 0 Å². The van der Waals surface area contributed by atoms with Gasteiger partial charge in [0.1, 0.15) is 5.75 Å². The number of rotatable bonds is 3. The van der Waals surface area contributed by atoms with Gasteiger partial charge in [-0.15, -0.1) is 0 Å². The van der Waals surface area contributed by atoms with E-state index in [1.165, 1.54) is 0 Å². The molecule has 1 heterocycles. The molecule has 0 fully saturated rings. The maximum atomic E-state index is 12.2. The number of ether oxygens (including phenoxy) is 1. The van der Waals surface area contributed by atoms with Gasteiger partial charge in [0.15, 0.2) is 0 Å². The Morgan fingerprint density at radius 2 is 1.80 bits per heavy atom. The molecule has 0 aliphatic carbocycles. The lowest BCUT2D eigenvalue weighted by atomic mass is 10.2. The van der Waals surface area contributed by atoms with E-state index in [-0.39, 0.29) is 5.56 Å². The third kappa shape index (κ3) is 2.18. The van der Waals surface area contributed by atoms with Gasteiger partial charge < -0.3 is 4.74 Å². The van der Waals surface area contributed by atoms with Gasteiger partial charge in [-0.05, 0) is 43.3 Å². The van der Waals surface area contributed by atoms with Crippen LogP contribution in [0.5, 0.6) is 5.75 Å². The van der Waals surface area contributed by atoms with Crippen LogP contribution in [0.25, 0.3) is 16.6 Å². The minimum atomic E-state index is -0.0344. The number of pyridine rings is 1. The van der Waals surface area contributed by atoms with Crippen LogP contribution in [0.2, 0.25) is 0 Å². The molecule has 3 nitrogen and oxygen atoms in total. The summed E-state index contributed by atoms with van der Waals surface area (Å²) in [6, 6.07) is 18.8. The molecule has 3 aromatic rings. The van der Waals surface area contributed by atoms with Gasteiger partial charge in [0, 0.05) is 17.1 Å². The van der Waals surface area contributed by atoms with Crippen molar-refractivity contribution in [2.24, 2.45) is 0 Å². The number of hydrogen-bond acceptors (Lipinski definition) is 2. The summed E-state index contributed by atoms with van der Waals surface area (Å²) in [5.41, 5.74) is 1.72. The van der Waals surface area contributed by atoms with Crippen LogP contribution in [-0.2, 0) is 0 Å². The van der Waals surface area contributed by atoms with Crippen LogP contribution in [0.3, 0.4) is 0 Å². The number of nitrogens with zero attached hydrogens (tertiary/aromatic N) is 1. The molecule has 0 aliphatic heterocycles. The van der Waals surface area contributed by atoms with Crippen molar-refractivity contribution in [3.8, 4) is 11.4 Å². The molecule has 0 saturated heterocycles. The quantitative estimate of drug-likeness (QED) is 0.727. The Balaban J connectivity index is 2.26. The van der Waals surface area contributed by atoms with Crippen LogP contribution < -0.4 is 10.3 Å². The Kier molecular flexibility index (Phi) is 3.25. The van der Waals surface area contributed by atoms with Crippen molar-refractivity contribution in [1.29, 1.82) is 0 Å². The molecule has 2 aromatic carbocycles. The number of fused-ring (bicyclic) bond motifs is 1. The largest absolute Gasteiger partial charge is 0.494 e. The monoisotopic (exact) mass is 265 g/mol. The fraction of sp³-hybridized carbons (Fsp3) is 0.118. The molecule has 0 aliphatic rings. The van der Waals surface area contributed by atoms with Crippen LogP contribution in [0.15, 0.2) is 65.5 Å². The third-order valence-corrected chi connectivity index (χ3v) is 3.19. The highest BCUT2D eigenvalue weighted by molar-refractivity contribution is 5.82. The minimum absolute atomic E-state index is 0.0344. The second-order valence-electron chi connectivity index (χ2n) is 4.50. The zero-order valence-electron chi connectivity index (χ0n) is 11.2. The molecule has 3 rings (SSSR count). The Hall–Kier alpha value is -2.55. The summed E-state index contributed by atoms with van der Waals surface area (Å²) < 4.78 is 7.22. The molecule has 100 valence electrons. The van der Waals surface area contributed by atoms with Crippen molar-refractivity contribution in [3.05, 3.63) is 71.0 Å². The van der Waals surface area contributed by atoms with Gasteiger partial charge in [-0.2, -0.15) is 0 Å². The summed E-state index contributed by atoms with van der Waals surface area (Å²) in [6.07, 6.45) is 0. The highest BCUT2D eigenvalue weighted by Gasteiger charge is 2.06. The zero-order chi connectivity index (χ0) is 13.9. The lowest BCUT2D eigenvalue weighted by Gasteiger charge is -2.11. The fourth-order valence-corrected chi connectivity index (χ4v) is 2.32. The van der Waals surface area contributed by atoms with E-state index in [4.69, 9.17) is 4.74 Å². The van der Waals surface area contributed by atoms with E-state index < -0.39 is 0 Å². The van der Waals surface area contributed by atoms with E-state index >= 15 is 0 Å². The molecule has 0 unspecified atom stereocenters. The summed E-state index contributed by atoms with van der Waals surface area (Å²) in [5, 5.41) is 0.986. The highest BCUT2D eigenvalue weighted by atomic mass is 16.5. The Morgan fingerprint density at radius 3 is 2.55 bits per heavy atom. The van der Waals surface area contributed by atoms with Gasteiger partial charge >= 0.3 is 0 Å². The lowest BCUT2D eigenvalue weighted by Crippen LogP contribution is -2.17. The molecule has 0 N–H and O–H groups in total. The van der Waals surface area contributed by atoms with E-state index in [0.717, 1.165) is 22.3 Å². The average molecular weight is 265 g/mol. The van der Waals surface area contributed by atoms with Crippen LogP contribution in [0, 0.1) is 0 Å². The minimum Gasteiger partial charge on any atom is -0.494 e. The molecule has 0 bridgehead atoms. The predicted molar refractivity (Wildman–Crippen MR) is 80.7 cm³/mol. The molecule has 0 radical (unpaired) electrons. The van der Waals surface area contributed by atoms with E-state index in [0.29, 0.717) is 6.61 Å². The van der Waals surface area contributed by atoms with Crippen LogP contribution in [0.4, 0.5) is 0 Å². The first-order chi connectivity index (χ1) is 9.79. The molecular weight excluding hydrogens is 250 g/mol. The number of aromatic nitrogens is 1. The Labute approximate surface area is 117 Å². The first-order valence-electron chi connectivity index (χ1n) is 6.63. The predicted octanol–water partition coefficient (Wildman–Crippen LogP) is 3.39. The molecule has 0 atom stereocenters. The van der Waals surface area contributed by atoms with Gasteiger partial charge in [0.05, 0.1) is 12.1 Å². The van der Waals surface area contributed by atoms with Crippen molar-refractivity contribution in [2.45, 2.75) is 6.92 Å².